The number of nitrogens with zero attached hydrogens (tertiary/aromatic N) is 7. The fourth-order valence-electron chi connectivity index (χ4n) is 3.36. The lowest BCUT2D eigenvalue weighted by molar-refractivity contribution is 0.202. The third-order valence-electron chi connectivity index (χ3n) is 5.02. The molecule has 0 amide bonds. The van der Waals surface area contributed by atoms with Gasteiger partial charge in [-0.2, -0.15) is 0 Å². The molecule has 2 fully saturated rings. The summed E-state index contributed by atoms with van der Waals surface area (Å²) in [5.74, 6) is 2.77. The highest BCUT2D eigenvalue weighted by Gasteiger charge is 2.31. The highest BCUT2D eigenvalue weighted by Crippen LogP contribution is 2.34. The van der Waals surface area contributed by atoms with Crippen LogP contribution in [0.1, 0.15) is 49.7 Å². The zero-order valence-corrected chi connectivity index (χ0v) is 14.4. The molecule has 130 valence electrons. The van der Waals surface area contributed by atoms with Crippen molar-refractivity contribution in [2.75, 3.05) is 20.1 Å². The molecule has 2 aliphatic rings. The van der Waals surface area contributed by atoms with Crippen molar-refractivity contribution in [1.82, 2.24) is 35.0 Å². The summed E-state index contributed by atoms with van der Waals surface area (Å²) in [6.07, 6.45) is 6.30. The van der Waals surface area contributed by atoms with Gasteiger partial charge in [0.1, 0.15) is 5.76 Å². The lowest BCUT2D eigenvalue weighted by Crippen LogP contribution is -2.34. The SMILES string of the molecule is CCc1cnc(CN(C)[C@H]2CCN(Cc3nnnn3C3CC3)C2)o1. The average Bonchev–Trinajstić information content (AvgIpc) is 3.01. The molecule has 0 radical (unpaired) electrons. The Morgan fingerprint density at radius 1 is 1.33 bits per heavy atom. The molecule has 8 heteroatoms. The van der Waals surface area contributed by atoms with Crippen molar-refractivity contribution in [2.24, 2.45) is 0 Å². The summed E-state index contributed by atoms with van der Waals surface area (Å²) in [6, 6.07) is 1.06. The molecule has 1 atom stereocenters. The minimum atomic E-state index is 0.521. The molecule has 2 aromatic rings. The topological polar surface area (TPSA) is 76.1 Å². The van der Waals surface area contributed by atoms with Crippen LogP contribution in [0.3, 0.4) is 0 Å². The van der Waals surface area contributed by atoms with Crippen LogP contribution in [-0.4, -0.2) is 61.2 Å². The molecule has 0 aromatic carbocycles. The number of likely N-dealkylation sites (tertiary alicyclic amines) is 1. The Kier molecular flexibility index (Phi) is 4.32. The van der Waals surface area contributed by atoms with Gasteiger partial charge in [0.15, 0.2) is 5.82 Å². The van der Waals surface area contributed by atoms with Crippen molar-refractivity contribution in [3.63, 3.8) is 0 Å². The second kappa shape index (κ2) is 6.60. The minimum absolute atomic E-state index is 0.521. The number of aryl methyl sites for hydroxylation is 1. The smallest absolute Gasteiger partial charge is 0.208 e. The molecule has 2 aromatic heterocycles. The van der Waals surface area contributed by atoms with E-state index in [-0.39, 0.29) is 0 Å². The first-order valence-electron chi connectivity index (χ1n) is 8.86. The Morgan fingerprint density at radius 2 is 2.21 bits per heavy atom. The average molecular weight is 331 g/mol. The van der Waals surface area contributed by atoms with Crippen LogP contribution in [0.2, 0.25) is 0 Å². The van der Waals surface area contributed by atoms with E-state index >= 15 is 0 Å². The van der Waals surface area contributed by atoms with Crippen LogP contribution < -0.4 is 0 Å². The van der Waals surface area contributed by atoms with E-state index in [2.05, 4.69) is 44.3 Å². The molecule has 1 saturated carbocycles. The Bertz CT molecular complexity index is 678. The lowest BCUT2D eigenvalue weighted by atomic mass is 10.2. The van der Waals surface area contributed by atoms with E-state index in [1.807, 2.05) is 10.9 Å². The van der Waals surface area contributed by atoms with E-state index in [1.54, 1.807) is 0 Å². The van der Waals surface area contributed by atoms with Crippen LogP contribution in [0, 0.1) is 0 Å². The summed E-state index contributed by atoms with van der Waals surface area (Å²) in [5, 5.41) is 12.2. The van der Waals surface area contributed by atoms with Gasteiger partial charge in [0.2, 0.25) is 5.89 Å². The maximum absolute atomic E-state index is 5.73. The Morgan fingerprint density at radius 3 is 2.96 bits per heavy atom. The van der Waals surface area contributed by atoms with Crippen molar-refractivity contribution in [3.8, 4) is 0 Å². The Labute approximate surface area is 141 Å². The Hall–Kier alpha value is -1.80. The number of oxazole rings is 1. The number of hydrogen-bond donors (Lipinski definition) is 0. The fraction of sp³-hybridized carbons (Fsp3) is 0.750. The standard InChI is InChI=1S/C16H25N7O/c1-3-14-8-17-16(24-14)11-21(2)13-6-7-22(9-13)10-15-18-19-20-23(15)12-4-5-12/h8,12-13H,3-7,9-11H2,1-2H3/t13-/m0/s1. The normalized spacial score (nSPS) is 21.9. The fourth-order valence-corrected chi connectivity index (χ4v) is 3.36. The molecule has 1 aliphatic carbocycles. The first kappa shape index (κ1) is 15.7. The summed E-state index contributed by atoms with van der Waals surface area (Å²) in [6.45, 7) is 5.80. The second-order valence-electron chi connectivity index (χ2n) is 6.94. The van der Waals surface area contributed by atoms with Crippen molar-refractivity contribution in [2.45, 2.75) is 57.8 Å². The van der Waals surface area contributed by atoms with E-state index in [0.29, 0.717) is 12.1 Å². The summed E-state index contributed by atoms with van der Waals surface area (Å²) in [4.78, 5) is 9.15. The molecule has 8 nitrogen and oxygen atoms in total. The van der Waals surface area contributed by atoms with Crippen LogP contribution in [0.5, 0.6) is 0 Å². The molecule has 0 bridgehead atoms. The maximum Gasteiger partial charge on any atom is 0.208 e. The number of aromatic nitrogens is 5. The van der Waals surface area contributed by atoms with Gasteiger partial charge in [-0.25, -0.2) is 9.67 Å². The van der Waals surface area contributed by atoms with Crippen LogP contribution in [0.15, 0.2) is 10.6 Å². The summed E-state index contributed by atoms with van der Waals surface area (Å²) in [7, 11) is 2.15. The van der Waals surface area contributed by atoms with Crippen molar-refractivity contribution >= 4 is 0 Å². The molecule has 1 saturated heterocycles. The van der Waals surface area contributed by atoms with Crippen LogP contribution in [0.25, 0.3) is 0 Å². The highest BCUT2D eigenvalue weighted by atomic mass is 16.4. The molecule has 3 heterocycles. The molecule has 0 unspecified atom stereocenters. The molecule has 24 heavy (non-hydrogen) atoms. The number of rotatable bonds is 7. The van der Waals surface area contributed by atoms with Crippen molar-refractivity contribution < 1.29 is 4.42 Å². The molecule has 4 rings (SSSR count). The molecular formula is C16H25N7O. The van der Waals surface area contributed by atoms with Gasteiger partial charge < -0.3 is 4.42 Å². The molecule has 0 spiro atoms. The molecule has 1 aliphatic heterocycles. The summed E-state index contributed by atoms with van der Waals surface area (Å²) >= 11 is 0. The summed E-state index contributed by atoms with van der Waals surface area (Å²) in [5.41, 5.74) is 0. The van der Waals surface area contributed by atoms with Gasteiger partial charge in [-0.1, -0.05) is 6.92 Å². The predicted molar refractivity (Wildman–Crippen MR) is 87.1 cm³/mol. The van der Waals surface area contributed by atoms with Gasteiger partial charge in [0.05, 0.1) is 25.3 Å². The van der Waals surface area contributed by atoms with Gasteiger partial charge in [-0.15, -0.1) is 5.10 Å². The van der Waals surface area contributed by atoms with E-state index in [4.69, 9.17) is 4.42 Å². The van der Waals surface area contributed by atoms with Crippen LogP contribution >= 0.6 is 0 Å². The number of hydrogen-bond acceptors (Lipinski definition) is 7. The van der Waals surface area contributed by atoms with E-state index in [9.17, 15) is 0 Å². The third kappa shape index (κ3) is 3.34. The third-order valence-corrected chi connectivity index (χ3v) is 5.02. The summed E-state index contributed by atoms with van der Waals surface area (Å²) < 4.78 is 7.74. The number of likely N-dealkylation sites (N-methyl/N-ethyl adjacent to an activating group) is 1. The van der Waals surface area contributed by atoms with Crippen LogP contribution in [-0.2, 0) is 19.5 Å². The largest absolute Gasteiger partial charge is 0.444 e. The van der Waals surface area contributed by atoms with Gasteiger partial charge in [-0.05, 0) is 36.7 Å². The van der Waals surface area contributed by atoms with E-state index in [1.165, 1.54) is 12.8 Å². The highest BCUT2D eigenvalue weighted by molar-refractivity contribution is 4.95. The Balaban J connectivity index is 1.31. The van der Waals surface area contributed by atoms with Crippen LogP contribution in [0.4, 0.5) is 0 Å². The quantitative estimate of drug-likeness (QED) is 0.756. The zero-order chi connectivity index (χ0) is 16.5. The maximum atomic E-state index is 5.73. The van der Waals surface area contributed by atoms with E-state index < -0.39 is 0 Å². The van der Waals surface area contributed by atoms with Gasteiger partial charge >= 0.3 is 0 Å². The van der Waals surface area contributed by atoms with Crippen molar-refractivity contribution in [1.29, 1.82) is 0 Å². The van der Waals surface area contributed by atoms with E-state index in [0.717, 1.165) is 56.5 Å². The van der Waals surface area contributed by atoms with Gasteiger partial charge in [0.25, 0.3) is 0 Å². The first-order chi connectivity index (χ1) is 11.7. The van der Waals surface area contributed by atoms with Gasteiger partial charge in [0, 0.05) is 25.6 Å². The lowest BCUT2D eigenvalue weighted by Gasteiger charge is -2.23. The monoisotopic (exact) mass is 331 g/mol. The second-order valence-corrected chi connectivity index (χ2v) is 6.94. The zero-order valence-electron chi connectivity index (χ0n) is 14.4. The molecular weight excluding hydrogens is 306 g/mol. The van der Waals surface area contributed by atoms with Gasteiger partial charge in [-0.3, -0.25) is 9.80 Å². The minimum Gasteiger partial charge on any atom is -0.444 e. The number of tetrazole rings is 1. The molecule has 0 N–H and O–H groups in total. The predicted octanol–water partition coefficient (Wildman–Crippen LogP) is 1.26. The van der Waals surface area contributed by atoms with Crippen molar-refractivity contribution in [3.05, 3.63) is 23.7 Å². The first-order valence-corrected chi connectivity index (χ1v) is 8.86.